The maximum atomic E-state index is 12.8. The largest absolute Gasteiger partial charge is 0.451 e. The van der Waals surface area contributed by atoms with Crippen LogP contribution in [0.4, 0.5) is 0 Å². The highest BCUT2D eigenvalue weighted by Crippen LogP contribution is 2.23. The number of fused-ring (bicyclic) bond motifs is 1. The van der Waals surface area contributed by atoms with Crippen molar-refractivity contribution in [1.29, 1.82) is 0 Å². The standard InChI is InChI=1S/C18H17N3O3/c22-15-10-17(24-16-6-2-1-5-14(15)16)18(23)20-8-3-4-13(11-20)21-9-7-19-12-21/h1-2,5-7,9-10,12-13H,3-4,8,11H2/t13-/m0/s1. The molecule has 2 aromatic heterocycles. The van der Waals surface area contributed by atoms with Crippen LogP contribution >= 0.6 is 0 Å². The molecule has 0 aliphatic carbocycles. The van der Waals surface area contributed by atoms with E-state index in [4.69, 9.17) is 4.42 Å². The van der Waals surface area contributed by atoms with E-state index in [2.05, 4.69) is 4.98 Å². The summed E-state index contributed by atoms with van der Waals surface area (Å²) in [5.74, 6) is -0.132. The summed E-state index contributed by atoms with van der Waals surface area (Å²) in [7, 11) is 0. The Hall–Kier alpha value is -2.89. The van der Waals surface area contributed by atoms with Crippen LogP contribution in [0.1, 0.15) is 29.4 Å². The Morgan fingerprint density at radius 2 is 2.17 bits per heavy atom. The lowest BCUT2D eigenvalue weighted by Gasteiger charge is -2.33. The second-order valence-electron chi connectivity index (χ2n) is 6.03. The summed E-state index contributed by atoms with van der Waals surface area (Å²) in [4.78, 5) is 30.8. The van der Waals surface area contributed by atoms with Gasteiger partial charge in [-0.25, -0.2) is 4.98 Å². The Bertz CT molecular complexity index is 930. The summed E-state index contributed by atoms with van der Waals surface area (Å²) in [6.45, 7) is 1.26. The number of imidazole rings is 1. The molecule has 0 unspecified atom stereocenters. The zero-order valence-corrected chi connectivity index (χ0v) is 13.1. The Kier molecular flexibility index (Phi) is 3.65. The minimum absolute atomic E-state index is 0.102. The van der Waals surface area contributed by atoms with Gasteiger partial charge in [-0.2, -0.15) is 0 Å². The summed E-state index contributed by atoms with van der Waals surface area (Å²) in [6, 6.07) is 8.48. The molecule has 24 heavy (non-hydrogen) atoms. The monoisotopic (exact) mass is 323 g/mol. The Labute approximate surface area is 138 Å². The highest BCUT2D eigenvalue weighted by molar-refractivity contribution is 5.93. The molecule has 1 aromatic carbocycles. The lowest BCUT2D eigenvalue weighted by molar-refractivity contribution is 0.0648. The van der Waals surface area contributed by atoms with Crippen LogP contribution in [0.3, 0.4) is 0 Å². The van der Waals surface area contributed by atoms with Crippen LogP contribution < -0.4 is 5.43 Å². The van der Waals surface area contributed by atoms with Gasteiger partial charge < -0.3 is 13.9 Å². The molecule has 0 radical (unpaired) electrons. The molecule has 1 saturated heterocycles. The van der Waals surface area contributed by atoms with Gasteiger partial charge in [-0.05, 0) is 25.0 Å². The van der Waals surface area contributed by atoms with Gasteiger partial charge in [0.1, 0.15) is 5.58 Å². The van der Waals surface area contributed by atoms with Crippen LogP contribution in [0, 0.1) is 0 Å². The van der Waals surface area contributed by atoms with Crippen molar-refractivity contribution in [1.82, 2.24) is 14.5 Å². The van der Waals surface area contributed by atoms with Crippen LogP contribution in [-0.4, -0.2) is 33.4 Å². The van der Waals surface area contributed by atoms with Gasteiger partial charge >= 0.3 is 0 Å². The van der Waals surface area contributed by atoms with Crippen LogP contribution in [0.15, 0.2) is 58.3 Å². The fourth-order valence-electron chi connectivity index (χ4n) is 3.23. The molecule has 0 spiro atoms. The highest BCUT2D eigenvalue weighted by Gasteiger charge is 2.27. The van der Waals surface area contributed by atoms with E-state index in [0.29, 0.717) is 24.1 Å². The Morgan fingerprint density at radius 1 is 1.29 bits per heavy atom. The number of piperidine rings is 1. The first-order valence-corrected chi connectivity index (χ1v) is 8.02. The molecular weight excluding hydrogens is 306 g/mol. The van der Waals surface area contributed by atoms with Gasteiger partial charge in [-0.3, -0.25) is 9.59 Å². The number of aromatic nitrogens is 2. The normalized spacial score (nSPS) is 18.0. The van der Waals surface area contributed by atoms with Crippen molar-refractivity contribution in [2.75, 3.05) is 13.1 Å². The summed E-state index contributed by atoms with van der Waals surface area (Å²) < 4.78 is 7.70. The number of carbonyl (C=O) groups is 1. The number of benzene rings is 1. The van der Waals surface area contributed by atoms with Crippen molar-refractivity contribution in [2.45, 2.75) is 18.9 Å². The lowest BCUT2D eigenvalue weighted by atomic mass is 10.1. The molecule has 0 bridgehead atoms. The van der Waals surface area contributed by atoms with Crippen molar-refractivity contribution in [2.24, 2.45) is 0 Å². The zero-order valence-electron chi connectivity index (χ0n) is 13.1. The molecule has 6 heteroatoms. The molecule has 4 rings (SSSR count). The average Bonchev–Trinajstić information content (AvgIpc) is 3.16. The zero-order chi connectivity index (χ0) is 16.5. The number of amides is 1. The second kappa shape index (κ2) is 5.96. The molecule has 0 N–H and O–H groups in total. The van der Waals surface area contributed by atoms with Crippen molar-refractivity contribution in [3.05, 3.63) is 65.0 Å². The molecule has 1 atom stereocenters. The van der Waals surface area contributed by atoms with Crippen LogP contribution in [0.5, 0.6) is 0 Å². The first-order valence-electron chi connectivity index (χ1n) is 8.02. The van der Waals surface area contributed by atoms with Gasteiger partial charge in [0.2, 0.25) is 0 Å². The van der Waals surface area contributed by atoms with Crippen LogP contribution in [0.25, 0.3) is 11.0 Å². The van der Waals surface area contributed by atoms with E-state index in [1.807, 2.05) is 10.8 Å². The van der Waals surface area contributed by atoms with Gasteiger partial charge in [-0.1, -0.05) is 12.1 Å². The molecule has 6 nitrogen and oxygen atoms in total. The fourth-order valence-corrected chi connectivity index (χ4v) is 3.23. The smallest absolute Gasteiger partial charge is 0.289 e. The van der Waals surface area contributed by atoms with Gasteiger partial charge in [0.05, 0.1) is 17.8 Å². The summed E-state index contributed by atoms with van der Waals surface area (Å²) in [5.41, 5.74) is 0.250. The van der Waals surface area contributed by atoms with Crippen molar-refractivity contribution in [3.63, 3.8) is 0 Å². The maximum Gasteiger partial charge on any atom is 0.289 e. The van der Waals surface area contributed by atoms with Crippen molar-refractivity contribution in [3.8, 4) is 0 Å². The van der Waals surface area contributed by atoms with E-state index < -0.39 is 0 Å². The third-order valence-electron chi connectivity index (χ3n) is 4.48. The van der Waals surface area contributed by atoms with Gasteiger partial charge in [0.15, 0.2) is 11.2 Å². The van der Waals surface area contributed by atoms with Crippen molar-refractivity contribution < 1.29 is 9.21 Å². The highest BCUT2D eigenvalue weighted by atomic mass is 16.3. The Morgan fingerprint density at radius 3 is 3.00 bits per heavy atom. The van der Waals surface area contributed by atoms with E-state index in [-0.39, 0.29) is 23.1 Å². The van der Waals surface area contributed by atoms with E-state index in [1.165, 1.54) is 6.07 Å². The average molecular weight is 323 g/mol. The molecule has 3 aromatic rings. The molecule has 122 valence electrons. The predicted molar refractivity (Wildman–Crippen MR) is 88.9 cm³/mol. The number of carbonyl (C=O) groups excluding carboxylic acids is 1. The number of hydrogen-bond donors (Lipinski definition) is 0. The minimum atomic E-state index is -0.234. The lowest BCUT2D eigenvalue weighted by Crippen LogP contribution is -2.40. The summed E-state index contributed by atoms with van der Waals surface area (Å²) >= 11 is 0. The quantitative estimate of drug-likeness (QED) is 0.726. The molecule has 1 aliphatic heterocycles. The SMILES string of the molecule is O=C(c1cc(=O)c2ccccc2o1)N1CCC[C@H](n2ccnc2)C1. The molecular formula is C18H17N3O3. The number of likely N-dealkylation sites (tertiary alicyclic amines) is 1. The molecule has 1 fully saturated rings. The predicted octanol–water partition coefficient (Wildman–Crippen LogP) is 2.47. The van der Waals surface area contributed by atoms with E-state index in [1.54, 1.807) is 41.7 Å². The summed E-state index contributed by atoms with van der Waals surface area (Å²) in [6.07, 6.45) is 7.33. The van der Waals surface area contributed by atoms with E-state index in [9.17, 15) is 9.59 Å². The van der Waals surface area contributed by atoms with E-state index in [0.717, 1.165) is 12.8 Å². The first-order chi connectivity index (χ1) is 11.7. The Balaban J connectivity index is 1.62. The van der Waals surface area contributed by atoms with Gasteiger partial charge in [0, 0.05) is 31.5 Å². The topological polar surface area (TPSA) is 68.3 Å². The number of para-hydroxylation sites is 1. The van der Waals surface area contributed by atoms with Crippen molar-refractivity contribution >= 4 is 16.9 Å². The molecule has 3 heterocycles. The maximum absolute atomic E-state index is 12.8. The molecule has 1 aliphatic rings. The van der Waals surface area contributed by atoms with Crippen LogP contribution in [0.2, 0.25) is 0 Å². The number of rotatable bonds is 2. The third-order valence-corrected chi connectivity index (χ3v) is 4.48. The van der Waals surface area contributed by atoms with Crippen LogP contribution in [-0.2, 0) is 0 Å². The first kappa shape index (κ1) is 14.7. The van der Waals surface area contributed by atoms with Gasteiger partial charge in [0.25, 0.3) is 5.91 Å². The number of nitrogens with zero attached hydrogens (tertiary/aromatic N) is 3. The third kappa shape index (κ3) is 2.60. The second-order valence-corrected chi connectivity index (χ2v) is 6.03. The van der Waals surface area contributed by atoms with Gasteiger partial charge in [-0.15, -0.1) is 0 Å². The minimum Gasteiger partial charge on any atom is -0.451 e. The number of hydrogen-bond acceptors (Lipinski definition) is 4. The van der Waals surface area contributed by atoms with E-state index >= 15 is 0 Å². The fraction of sp³-hybridized carbons (Fsp3) is 0.278. The summed E-state index contributed by atoms with van der Waals surface area (Å²) in [5, 5.41) is 0.490. The molecule has 0 saturated carbocycles. The molecule has 1 amide bonds.